The fraction of sp³-hybridized carbons (Fsp3) is 0.583. The van der Waals surface area contributed by atoms with Crippen LogP contribution in [0.25, 0.3) is 0 Å². The van der Waals surface area contributed by atoms with Crippen molar-refractivity contribution in [3.05, 3.63) is 28.4 Å². The molecule has 1 aliphatic heterocycles. The first-order valence-electron chi connectivity index (χ1n) is 6.20. The first-order chi connectivity index (χ1) is 8.63. The van der Waals surface area contributed by atoms with E-state index in [4.69, 9.17) is 5.73 Å². The number of nitrogens with zero attached hydrogens (tertiary/aromatic N) is 3. The van der Waals surface area contributed by atoms with E-state index >= 15 is 0 Å². The molecule has 2 rings (SSSR count). The van der Waals surface area contributed by atoms with Crippen molar-refractivity contribution < 1.29 is 4.92 Å². The molecule has 2 atom stereocenters. The number of hydrogen-bond acceptors (Lipinski definition) is 5. The summed E-state index contributed by atoms with van der Waals surface area (Å²) in [6.45, 7) is 3.73. The van der Waals surface area contributed by atoms with Gasteiger partial charge in [-0.2, -0.15) is 0 Å². The highest BCUT2D eigenvalue weighted by molar-refractivity contribution is 5.48. The van der Waals surface area contributed by atoms with Gasteiger partial charge in [0.05, 0.1) is 5.69 Å². The molecule has 0 bridgehead atoms. The van der Waals surface area contributed by atoms with Gasteiger partial charge < -0.3 is 20.7 Å². The van der Waals surface area contributed by atoms with Gasteiger partial charge in [0.25, 0.3) is 0 Å². The summed E-state index contributed by atoms with van der Waals surface area (Å²) in [6.07, 6.45) is 3.87. The Bertz CT molecular complexity index is 421. The van der Waals surface area contributed by atoms with Gasteiger partial charge in [0.15, 0.2) is 6.20 Å². The number of nitrogens with two attached hydrogens (primary N) is 1. The molecule has 1 aromatic rings. The van der Waals surface area contributed by atoms with Crippen molar-refractivity contribution in [2.24, 2.45) is 11.7 Å². The molecule has 6 nitrogen and oxygen atoms in total. The van der Waals surface area contributed by atoms with Gasteiger partial charge in [0, 0.05) is 25.2 Å². The zero-order chi connectivity index (χ0) is 13.1. The van der Waals surface area contributed by atoms with Crippen molar-refractivity contribution in [1.82, 2.24) is 4.98 Å². The zero-order valence-electron chi connectivity index (χ0n) is 10.5. The average molecular weight is 250 g/mol. The minimum absolute atomic E-state index is 0.117. The first kappa shape index (κ1) is 12.8. The number of nitro groups is 1. The van der Waals surface area contributed by atoms with E-state index in [1.807, 2.05) is 0 Å². The summed E-state index contributed by atoms with van der Waals surface area (Å²) < 4.78 is 0. The van der Waals surface area contributed by atoms with Crippen molar-refractivity contribution in [2.75, 3.05) is 18.0 Å². The van der Waals surface area contributed by atoms with Crippen molar-refractivity contribution in [3.8, 4) is 0 Å². The van der Waals surface area contributed by atoms with E-state index < -0.39 is 4.92 Å². The number of anilines is 1. The molecule has 0 aliphatic carbocycles. The number of piperidine rings is 1. The largest absolute Gasteiger partial charge is 0.364 e. The predicted molar refractivity (Wildman–Crippen MR) is 69.5 cm³/mol. The van der Waals surface area contributed by atoms with Crippen LogP contribution >= 0.6 is 0 Å². The van der Waals surface area contributed by atoms with Gasteiger partial charge in [-0.15, -0.1) is 0 Å². The van der Waals surface area contributed by atoms with E-state index in [1.54, 1.807) is 12.3 Å². The maximum absolute atomic E-state index is 10.6. The van der Waals surface area contributed by atoms with Gasteiger partial charge in [-0.05, 0) is 34.7 Å². The Morgan fingerprint density at radius 3 is 2.94 bits per heavy atom. The van der Waals surface area contributed by atoms with E-state index in [9.17, 15) is 10.1 Å². The Kier molecular flexibility index (Phi) is 3.76. The van der Waals surface area contributed by atoms with Crippen LogP contribution in [0.4, 0.5) is 11.5 Å². The van der Waals surface area contributed by atoms with Crippen LogP contribution < -0.4 is 10.6 Å². The Labute approximate surface area is 106 Å². The second-order valence-corrected chi connectivity index (χ2v) is 4.75. The van der Waals surface area contributed by atoms with Gasteiger partial charge in [0.2, 0.25) is 0 Å². The third kappa shape index (κ3) is 2.43. The number of hydrogen-bond donors (Lipinski definition) is 1. The molecule has 0 radical (unpaired) electrons. The normalized spacial score (nSPS) is 24.0. The summed E-state index contributed by atoms with van der Waals surface area (Å²) in [6, 6.07) is 3.50. The lowest BCUT2D eigenvalue weighted by Crippen LogP contribution is -2.48. The fourth-order valence-electron chi connectivity index (χ4n) is 2.59. The van der Waals surface area contributed by atoms with Crippen LogP contribution in [0, 0.1) is 16.0 Å². The van der Waals surface area contributed by atoms with Crippen molar-refractivity contribution in [3.63, 3.8) is 0 Å². The summed E-state index contributed by atoms with van der Waals surface area (Å²) >= 11 is 0. The monoisotopic (exact) mass is 250 g/mol. The maximum atomic E-state index is 10.6. The molecular weight excluding hydrogens is 232 g/mol. The summed E-state index contributed by atoms with van der Waals surface area (Å²) in [7, 11) is 0. The molecule has 1 aliphatic rings. The van der Waals surface area contributed by atoms with E-state index in [0.29, 0.717) is 18.5 Å². The summed E-state index contributed by atoms with van der Waals surface area (Å²) in [5.74, 6) is 0.423. The Balaban J connectivity index is 2.21. The van der Waals surface area contributed by atoms with E-state index in [0.717, 1.165) is 18.7 Å². The number of pyridine rings is 1. The molecule has 2 heterocycles. The SMILES string of the molecule is CC1CCCN(c2ccc([N+](=O)[O-])nc2)C1CN. The lowest BCUT2D eigenvalue weighted by molar-refractivity contribution is -0.389. The molecule has 1 saturated heterocycles. The maximum Gasteiger partial charge on any atom is 0.363 e. The molecule has 0 amide bonds. The van der Waals surface area contributed by atoms with Crippen LogP contribution in [0.2, 0.25) is 0 Å². The average Bonchev–Trinajstić information content (AvgIpc) is 2.38. The van der Waals surface area contributed by atoms with Crippen LogP contribution in [-0.4, -0.2) is 29.0 Å². The molecule has 0 aromatic carbocycles. The van der Waals surface area contributed by atoms with Crippen molar-refractivity contribution in [1.29, 1.82) is 0 Å². The molecule has 1 fully saturated rings. The molecule has 98 valence electrons. The molecular formula is C12H18N4O2. The Morgan fingerprint density at radius 2 is 2.39 bits per heavy atom. The highest BCUT2D eigenvalue weighted by atomic mass is 16.6. The molecule has 2 unspecified atom stereocenters. The zero-order valence-corrected chi connectivity index (χ0v) is 10.5. The van der Waals surface area contributed by atoms with Gasteiger partial charge in [-0.25, -0.2) is 0 Å². The summed E-state index contributed by atoms with van der Waals surface area (Å²) in [5.41, 5.74) is 6.75. The summed E-state index contributed by atoms with van der Waals surface area (Å²) in [5, 5.41) is 10.6. The molecule has 6 heteroatoms. The second kappa shape index (κ2) is 5.30. The molecule has 0 saturated carbocycles. The highest BCUT2D eigenvalue weighted by Crippen LogP contribution is 2.28. The third-order valence-corrected chi connectivity index (χ3v) is 3.61. The third-order valence-electron chi connectivity index (χ3n) is 3.61. The van der Waals surface area contributed by atoms with Crippen molar-refractivity contribution in [2.45, 2.75) is 25.8 Å². The quantitative estimate of drug-likeness (QED) is 0.650. The van der Waals surface area contributed by atoms with Crippen LogP contribution in [0.3, 0.4) is 0 Å². The Hall–Kier alpha value is -1.69. The highest BCUT2D eigenvalue weighted by Gasteiger charge is 2.28. The predicted octanol–water partition coefficient (Wildman–Crippen LogP) is 1.55. The molecule has 0 spiro atoms. The number of aromatic nitrogens is 1. The van der Waals surface area contributed by atoms with Gasteiger partial charge >= 0.3 is 5.82 Å². The summed E-state index contributed by atoms with van der Waals surface area (Å²) in [4.78, 5) is 16.2. The smallest absolute Gasteiger partial charge is 0.363 e. The Morgan fingerprint density at radius 1 is 1.61 bits per heavy atom. The van der Waals surface area contributed by atoms with Gasteiger partial charge in [-0.3, -0.25) is 0 Å². The van der Waals surface area contributed by atoms with E-state index in [1.165, 1.54) is 12.5 Å². The van der Waals surface area contributed by atoms with Crippen molar-refractivity contribution >= 4 is 11.5 Å². The van der Waals surface area contributed by atoms with E-state index in [-0.39, 0.29) is 5.82 Å². The minimum Gasteiger partial charge on any atom is -0.364 e. The lowest BCUT2D eigenvalue weighted by atomic mass is 9.90. The minimum atomic E-state index is -0.483. The van der Waals surface area contributed by atoms with Crippen LogP contribution in [0.5, 0.6) is 0 Å². The van der Waals surface area contributed by atoms with E-state index in [2.05, 4.69) is 16.8 Å². The molecule has 1 aromatic heterocycles. The van der Waals surface area contributed by atoms with Crippen LogP contribution in [-0.2, 0) is 0 Å². The standard InChI is InChI=1S/C12H18N4O2/c1-9-3-2-6-15(11(9)7-13)10-4-5-12(14-8-10)16(17)18/h4-5,8-9,11H,2-3,6-7,13H2,1H3. The number of rotatable bonds is 3. The van der Waals surface area contributed by atoms with Crippen LogP contribution in [0.15, 0.2) is 18.3 Å². The topological polar surface area (TPSA) is 85.3 Å². The lowest BCUT2D eigenvalue weighted by Gasteiger charge is -2.40. The van der Waals surface area contributed by atoms with Gasteiger partial charge in [0.1, 0.15) is 0 Å². The van der Waals surface area contributed by atoms with Crippen LogP contribution in [0.1, 0.15) is 19.8 Å². The fourth-order valence-corrected chi connectivity index (χ4v) is 2.59. The molecule has 18 heavy (non-hydrogen) atoms. The molecule has 2 N–H and O–H groups in total. The van der Waals surface area contributed by atoms with Gasteiger partial charge in [-0.1, -0.05) is 6.92 Å². The second-order valence-electron chi connectivity index (χ2n) is 4.75. The first-order valence-corrected chi connectivity index (χ1v) is 6.20.